The summed E-state index contributed by atoms with van der Waals surface area (Å²) >= 11 is 2.83. The van der Waals surface area contributed by atoms with Crippen LogP contribution < -0.4 is 0 Å². The fourth-order valence-corrected chi connectivity index (χ4v) is 13.0. The van der Waals surface area contributed by atoms with E-state index in [0.29, 0.717) is 26.2 Å². The number of thiophene rings is 2. The average Bonchev–Trinajstić information content (AvgIpc) is 4.08. The Labute approximate surface area is 387 Å². The summed E-state index contributed by atoms with van der Waals surface area (Å²) in [6.45, 7) is 0. The van der Waals surface area contributed by atoms with Crippen LogP contribution >= 0.6 is 22.7 Å². The molecule has 13 rings (SSSR count). The molecule has 68 heavy (non-hydrogen) atoms. The molecule has 4 aromatic heterocycles. The highest BCUT2D eigenvalue weighted by Crippen LogP contribution is 2.58. The van der Waals surface area contributed by atoms with Gasteiger partial charge in [0.05, 0.1) is 44.6 Å². The van der Waals surface area contributed by atoms with E-state index in [1.165, 1.54) is 57.6 Å². The maximum Gasteiger partial charge on any atom is 0.419 e. The first-order valence-electron chi connectivity index (χ1n) is 21.5. The molecule has 9 aromatic carbocycles. The number of hydrogen-bond donors (Lipinski definition) is 0. The molecular formula is C56H28F8N2S2. The van der Waals surface area contributed by atoms with Crippen LogP contribution in [0.5, 0.6) is 0 Å². The van der Waals surface area contributed by atoms with Crippen LogP contribution in [-0.4, -0.2) is 9.13 Å². The second kappa shape index (κ2) is 14.5. The summed E-state index contributed by atoms with van der Waals surface area (Å²) in [5.41, 5.74) is -7.89. The van der Waals surface area contributed by atoms with Gasteiger partial charge in [-0.1, -0.05) is 121 Å². The molecule has 0 aliphatic heterocycles. The van der Waals surface area contributed by atoms with Crippen LogP contribution in [0, 0.1) is 11.6 Å². The van der Waals surface area contributed by atoms with Crippen LogP contribution in [0.3, 0.4) is 0 Å². The minimum absolute atomic E-state index is 0.0409. The second-order valence-electron chi connectivity index (χ2n) is 16.7. The van der Waals surface area contributed by atoms with Gasteiger partial charge in [0.1, 0.15) is 11.6 Å². The molecule has 13 aromatic rings. The molecular weight excluding hydrogens is 917 g/mol. The van der Waals surface area contributed by atoms with E-state index in [0.717, 1.165) is 64.5 Å². The zero-order chi connectivity index (χ0) is 46.4. The number of hydrogen-bond acceptors (Lipinski definition) is 2. The van der Waals surface area contributed by atoms with Crippen LogP contribution in [0.25, 0.3) is 118 Å². The van der Waals surface area contributed by atoms with Gasteiger partial charge in [0.2, 0.25) is 0 Å². The summed E-state index contributed by atoms with van der Waals surface area (Å²) in [5.74, 6) is -2.24. The minimum Gasteiger partial charge on any atom is -0.308 e. The molecule has 0 radical (unpaired) electrons. The largest absolute Gasteiger partial charge is 0.419 e. The highest BCUT2D eigenvalue weighted by atomic mass is 32.1. The average molecular weight is 945 g/mol. The Morgan fingerprint density at radius 3 is 1.13 bits per heavy atom. The standard InChI is InChI=1S/C56H28F8N2S2/c57-37-19-7-1-15-33(37)47-49(55(59,60)61)52(66-40-22-10-4-18-36(40)46-42(66)28-26-32-30-14-6-12-24-44(30)68-54(32)46)50(56(62,63)64)48(34-16-2-8-20-38(34)58)51(47)65-39-21-9-3-17-35(39)45-41(65)27-25-31-29-13-5-11-23-43(29)67-53(31)45/h1-28H. The van der Waals surface area contributed by atoms with E-state index < -0.39 is 68.7 Å². The molecule has 0 bridgehead atoms. The van der Waals surface area contributed by atoms with Crippen LogP contribution in [0.15, 0.2) is 170 Å². The molecule has 4 heterocycles. The number of fused-ring (bicyclic) bond motifs is 14. The lowest BCUT2D eigenvalue weighted by molar-refractivity contribution is -0.142. The van der Waals surface area contributed by atoms with Crippen LogP contribution in [-0.2, 0) is 12.4 Å². The fraction of sp³-hybridized carbons (Fsp3) is 0.0357. The lowest BCUT2D eigenvalue weighted by Gasteiger charge is -2.31. The van der Waals surface area contributed by atoms with Crippen molar-refractivity contribution in [2.45, 2.75) is 12.4 Å². The quantitative estimate of drug-likeness (QED) is 0.156. The van der Waals surface area contributed by atoms with Crippen molar-refractivity contribution in [1.82, 2.24) is 9.13 Å². The van der Waals surface area contributed by atoms with Gasteiger partial charge in [-0.15, -0.1) is 22.7 Å². The first kappa shape index (κ1) is 40.7. The number of rotatable bonds is 4. The van der Waals surface area contributed by atoms with Crippen molar-refractivity contribution in [2.75, 3.05) is 0 Å². The van der Waals surface area contributed by atoms with E-state index in [4.69, 9.17) is 0 Å². The molecule has 0 saturated carbocycles. The smallest absolute Gasteiger partial charge is 0.308 e. The summed E-state index contributed by atoms with van der Waals surface area (Å²) in [5, 5.41) is 5.36. The first-order chi connectivity index (χ1) is 32.9. The van der Waals surface area contributed by atoms with Crippen molar-refractivity contribution in [2.24, 2.45) is 0 Å². The maximum absolute atomic E-state index is 17.1. The van der Waals surface area contributed by atoms with Gasteiger partial charge < -0.3 is 9.13 Å². The summed E-state index contributed by atoms with van der Waals surface area (Å²) in [7, 11) is 0. The van der Waals surface area contributed by atoms with E-state index >= 15 is 35.1 Å². The Balaban J connectivity index is 1.34. The van der Waals surface area contributed by atoms with E-state index in [1.54, 1.807) is 66.7 Å². The number of alkyl halides is 6. The minimum atomic E-state index is -5.59. The van der Waals surface area contributed by atoms with Gasteiger partial charge in [0.25, 0.3) is 0 Å². The van der Waals surface area contributed by atoms with Crippen molar-refractivity contribution in [3.63, 3.8) is 0 Å². The van der Waals surface area contributed by atoms with Gasteiger partial charge in [-0.05, 0) is 48.5 Å². The first-order valence-corrected chi connectivity index (χ1v) is 23.1. The van der Waals surface area contributed by atoms with E-state index in [-0.39, 0.29) is 22.1 Å². The third-order valence-corrected chi connectivity index (χ3v) is 15.5. The van der Waals surface area contributed by atoms with Crippen molar-refractivity contribution in [1.29, 1.82) is 0 Å². The normalized spacial score (nSPS) is 12.7. The van der Waals surface area contributed by atoms with Crippen LogP contribution in [0.4, 0.5) is 35.1 Å². The van der Waals surface area contributed by atoms with Gasteiger partial charge in [0, 0.05) is 84.1 Å². The Morgan fingerprint density at radius 2 is 0.706 bits per heavy atom. The Kier molecular flexibility index (Phi) is 8.67. The zero-order valence-corrected chi connectivity index (χ0v) is 36.5. The Morgan fingerprint density at radius 1 is 0.338 bits per heavy atom. The topological polar surface area (TPSA) is 9.86 Å². The van der Waals surface area contributed by atoms with Gasteiger partial charge in [-0.25, -0.2) is 8.78 Å². The van der Waals surface area contributed by atoms with Gasteiger partial charge in [-0.3, -0.25) is 0 Å². The molecule has 0 aliphatic rings. The van der Waals surface area contributed by atoms with Gasteiger partial charge in [-0.2, -0.15) is 26.3 Å². The number of aromatic nitrogens is 2. The number of para-hydroxylation sites is 2. The van der Waals surface area contributed by atoms with E-state index in [1.807, 2.05) is 48.5 Å². The number of benzene rings is 9. The molecule has 0 saturated heterocycles. The van der Waals surface area contributed by atoms with Crippen LogP contribution in [0.2, 0.25) is 0 Å². The highest BCUT2D eigenvalue weighted by Gasteiger charge is 2.49. The number of halogens is 8. The predicted octanol–water partition coefficient (Wildman–Crippen LogP) is 18.3. The molecule has 330 valence electrons. The Hall–Kier alpha value is -7.54. The van der Waals surface area contributed by atoms with Crippen molar-refractivity contribution in [3.8, 4) is 33.6 Å². The molecule has 0 fully saturated rings. The molecule has 12 heteroatoms. The molecule has 2 nitrogen and oxygen atoms in total. The zero-order valence-electron chi connectivity index (χ0n) is 34.9. The fourth-order valence-electron chi connectivity index (χ4n) is 10.5. The number of nitrogens with zero attached hydrogens (tertiary/aromatic N) is 2. The monoisotopic (exact) mass is 944 g/mol. The van der Waals surface area contributed by atoms with Crippen molar-refractivity contribution in [3.05, 3.63) is 193 Å². The van der Waals surface area contributed by atoms with E-state index in [2.05, 4.69) is 0 Å². The third-order valence-electron chi connectivity index (χ3n) is 13.1. The molecule has 0 atom stereocenters. The molecule has 0 aliphatic carbocycles. The van der Waals surface area contributed by atoms with Gasteiger partial charge >= 0.3 is 12.4 Å². The lowest BCUT2D eigenvalue weighted by atomic mass is 9.84. The maximum atomic E-state index is 17.1. The Bertz CT molecular complexity index is 4200. The highest BCUT2D eigenvalue weighted by molar-refractivity contribution is 7.27. The van der Waals surface area contributed by atoms with Crippen LogP contribution in [0.1, 0.15) is 11.1 Å². The lowest BCUT2D eigenvalue weighted by Crippen LogP contribution is -2.23. The molecule has 0 amide bonds. The third kappa shape index (κ3) is 5.67. The second-order valence-corrected chi connectivity index (χ2v) is 18.8. The molecule has 0 unspecified atom stereocenters. The molecule has 0 N–H and O–H groups in total. The van der Waals surface area contributed by atoms with Crippen molar-refractivity contribution < 1.29 is 35.1 Å². The summed E-state index contributed by atoms with van der Waals surface area (Å²) < 4.78 is 142. The van der Waals surface area contributed by atoms with E-state index in [9.17, 15) is 0 Å². The summed E-state index contributed by atoms with van der Waals surface area (Å²) in [6, 6.07) is 44.6. The molecule has 0 spiro atoms. The summed E-state index contributed by atoms with van der Waals surface area (Å²) in [4.78, 5) is 0. The predicted molar refractivity (Wildman–Crippen MR) is 262 cm³/mol. The van der Waals surface area contributed by atoms with Crippen molar-refractivity contribution >= 4 is 107 Å². The summed E-state index contributed by atoms with van der Waals surface area (Å²) in [6.07, 6.45) is -11.2. The van der Waals surface area contributed by atoms with Gasteiger partial charge in [0.15, 0.2) is 0 Å². The SMILES string of the molecule is Fc1ccccc1-c1c(-n2c3ccccc3c3c4sc5ccccc5c4ccc32)c(-c2ccccc2F)c(C(F)(F)F)c(-n2c3ccccc3c3c4sc5ccccc5c4ccc32)c1C(F)(F)F.